The molecule has 4 rings (SSSR count). The fourth-order valence-corrected chi connectivity index (χ4v) is 3.48. The van der Waals surface area contributed by atoms with Gasteiger partial charge in [0.1, 0.15) is 10.8 Å². The Labute approximate surface area is 176 Å². The zero-order chi connectivity index (χ0) is 22.0. The quantitative estimate of drug-likeness (QED) is 0.469. The maximum absolute atomic E-state index is 13.7. The van der Waals surface area contributed by atoms with E-state index < -0.39 is 29.3 Å². The second-order valence-electron chi connectivity index (χ2n) is 6.22. The molecule has 3 heterocycles. The summed E-state index contributed by atoms with van der Waals surface area (Å²) in [7, 11) is 0. The average molecular weight is 448 g/mol. The molecule has 12 heteroatoms. The lowest BCUT2D eigenvalue weighted by molar-refractivity contribution is -0.143. The van der Waals surface area contributed by atoms with Crippen LogP contribution in [0.25, 0.3) is 16.9 Å². The Hall–Kier alpha value is -3.67. The molecule has 0 saturated carbocycles. The number of benzene rings is 1. The Bertz CT molecular complexity index is 1200. The molecule has 31 heavy (non-hydrogen) atoms. The summed E-state index contributed by atoms with van der Waals surface area (Å²) in [6.45, 7) is -0.0880. The van der Waals surface area contributed by atoms with Crippen LogP contribution in [0.2, 0.25) is 0 Å². The minimum atomic E-state index is -4.92. The lowest BCUT2D eigenvalue weighted by atomic mass is 10.2. The van der Waals surface area contributed by atoms with Crippen LogP contribution in [0.1, 0.15) is 21.2 Å². The highest BCUT2D eigenvalue weighted by atomic mass is 32.1. The van der Waals surface area contributed by atoms with Crippen molar-refractivity contribution in [2.75, 3.05) is 0 Å². The molecule has 1 amide bonds. The topological polar surface area (TPSA) is 85.6 Å². The SMILES string of the molecule is O=C(NCc1nc(-c2ccncc2)cs1)c1nnn(-c2ccc(F)cc2)c1C(F)(F)F. The zero-order valence-electron chi connectivity index (χ0n) is 15.5. The van der Waals surface area contributed by atoms with Crippen molar-refractivity contribution in [3.05, 3.63) is 76.4 Å². The number of carbonyl (C=O) groups excluding carboxylic acids is 1. The van der Waals surface area contributed by atoms with Crippen molar-refractivity contribution in [1.82, 2.24) is 30.3 Å². The second-order valence-corrected chi connectivity index (χ2v) is 7.16. The molecule has 0 aliphatic rings. The fraction of sp³-hybridized carbons (Fsp3) is 0.105. The van der Waals surface area contributed by atoms with Gasteiger partial charge in [-0.25, -0.2) is 14.1 Å². The van der Waals surface area contributed by atoms with E-state index in [0.29, 0.717) is 15.4 Å². The molecule has 158 valence electrons. The van der Waals surface area contributed by atoms with Gasteiger partial charge in [-0.1, -0.05) is 5.21 Å². The van der Waals surface area contributed by atoms with Crippen molar-refractivity contribution in [1.29, 1.82) is 0 Å². The van der Waals surface area contributed by atoms with Crippen LogP contribution < -0.4 is 5.32 Å². The maximum atomic E-state index is 13.7. The first-order valence-electron chi connectivity index (χ1n) is 8.75. The number of nitrogens with one attached hydrogen (secondary N) is 1. The number of nitrogens with zero attached hydrogens (tertiary/aromatic N) is 5. The van der Waals surface area contributed by atoms with Crippen LogP contribution in [0.3, 0.4) is 0 Å². The average Bonchev–Trinajstić information content (AvgIpc) is 3.41. The molecule has 0 spiro atoms. The van der Waals surface area contributed by atoms with E-state index in [-0.39, 0.29) is 12.2 Å². The van der Waals surface area contributed by atoms with Crippen molar-refractivity contribution in [2.24, 2.45) is 0 Å². The van der Waals surface area contributed by atoms with Gasteiger partial charge < -0.3 is 5.32 Å². The van der Waals surface area contributed by atoms with E-state index in [1.807, 2.05) is 0 Å². The van der Waals surface area contributed by atoms with Crippen LogP contribution in [0.4, 0.5) is 17.6 Å². The Kier molecular flexibility index (Phi) is 5.46. The highest BCUT2D eigenvalue weighted by Crippen LogP contribution is 2.32. The highest BCUT2D eigenvalue weighted by molar-refractivity contribution is 7.09. The molecule has 0 atom stereocenters. The van der Waals surface area contributed by atoms with Crippen LogP contribution in [-0.4, -0.2) is 30.9 Å². The van der Waals surface area contributed by atoms with Gasteiger partial charge in [0.05, 0.1) is 17.9 Å². The molecule has 0 aliphatic carbocycles. The maximum Gasteiger partial charge on any atom is 0.435 e. The van der Waals surface area contributed by atoms with Gasteiger partial charge in [-0.2, -0.15) is 13.2 Å². The Morgan fingerprint density at radius 1 is 1.10 bits per heavy atom. The van der Waals surface area contributed by atoms with E-state index in [2.05, 4.69) is 25.6 Å². The number of halogens is 4. The number of thiazole rings is 1. The molecule has 0 bridgehead atoms. The molecule has 0 unspecified atom stereocenters. The van der Waals surface area contributed by atoms with Gasteiger partial charge in [0.15, 0.2) is 11.4 Å². The molecule has 0 aliphatic heterocycles. The van der Waals surface area contributed by atoms with Gasteiger partial charge in [0.25, 0.3) is 5.91 Å². The minimum Gasteiger partial charge on any atom is -0.344 e. The molecular formula is C19H12F4N6OS. The summed E-state index contributed by atoms with van der Waals surface area (Å²) in [4.78, 5) is 20.7. The molecule has 1 N–H and O–H groups in total. The predicted molar refractivity (Wildman–Crippen MR) is 103 cm³/mol. The second kappa shape index (κ2) is 8.22. The normalized spacial score (nSPS) is 11.5. The van der Waals surface area contributed by atoms with Gasteiger partial charge >= 0.3 is 6.18 Å². The molecule has 4 aromatic rings. The van der Waals surface area contributed by atoms with Crippen molar-refractivity contribution >= 4 is 17.2 Å². The Morgan fingerprint density at radius 3 is 2.48 bits per heavy atom. The lowest BCUT2D eigenvalue weighted by Gasteiger charge is -2.11. The zero-order valence-corrected chi connectivity index (χ0v) is 16.3. The summed E-state index contributed by atoms with van der Waals surface area (Å²) in [5.74, 6) is -1.67. The summed E-state index contributed by atoms with van der Waals surface area (Å²) >= 11 is 1.25. The van der Waals surface area contributed by atoms with Crippen molar-refractivity contribution in [3.8, 4) is 16.9 Å². The predicted octanol–water partition coefficient (Wildman–Crippen LogP) is 3.87. The summed E-state index contributed by atoms with van der Waals surface area (Å²) in [5.41, 5.74) is -0.835. The Balaban J connectivity index is 1.55. The lowest BCUT2D eigenvalue weighted by Crippen LogP contribution is -2.27. The summed E-state index contributed by atoms with van der Waals surface area (Å²) in [5, 5.41) is 11.5. The molecule has 3 aromatic heterocycles. The molecule has 0 saturated heterocycles. The molecule has 0 radical (unpaired) electrons. The Morgan fingerprint density at radius 2 is 1.81 bits per heavy atom. The largest absolute Gasteiger partial charge is 0.435 e. The van der Waals surface area contributed by atoms with E-state index in [1.54, 1.807) is 29.9 Å². The van der Waals surface area contributed by atoms with Crippen LogP contribution in [0.5, 0.6) is 0 Å². The first-order valence-corrected chi connectivity index (χ1v) is 9.63. The van der Waals surface area contributed by atoms with Crippen molar-refractivity contribution in [2.45, 2.75) is 12.7 Å². The third kappa shape index (κ3) is 4.43. The first-order chi connectivity index (χ1) is 14.8. The summed E-state index contributed by atoms with van der Waals surface area (Å²) in [6.07, 6.45) is -1.70. The molecule has 0 fully saturated rings. The van der Waals surface area contributed by atoms with Crippen LogP contribution in [0, 0.1) is 5.82 Å². The summed E-state index contributed by atoms with van der Waals surface area (Å²) in [6, 6.07) is 7.72. The number of carbonyl (C=O) groups is 1. The standard InChI is InChI=1S/C19H12F4N6OS/c20-12-1-3-13(4-2-12)29-17(19(21,22)23)16(27-28-29)18(30)25-9-15-26-14(10-31-15)11-5-7-24-8-6-11/h1-8,10H,9H2,(H,25,30). The summed E-state index contributed by atoms with van der Waals surface area (Å²) < 4.78 is 54.5. The minimum absolute atomic E-state index is 0.0813. The van der Waals surface area contributed by atoms with Gasteiger partial charge in [0, 0.05) is 23.3 Å². The fourth-order valence-electron chi connectivity index (χ4n) is 2.74. The van der Waals surface area contributed by atoms with Gasteiger partial charge in [-0.15, -0.1) is 16.4 Å². The number of rotatable bonds is 5. The number of aromatic nitrogens is 5. The van der Waals surface area contributed by atoms with Crippen molar-refractivity contribution < 1.29 is 22.4 Å². The number of pyridine rings is 1. The smallest absolute Gasteiger partial charge is 0.344 e. The van der Waals surface area contributed by atoms with Gasteiger partial charge in [0.2, 0.25) is 0 Å². The highest BCUT2D eigenvalue weighted by Gasteiger charge is 2.42. The third-order valence-corrected chi connectivity index (χ3v) is 5.00. The van der Waals surface area contributed by atoms with E-state index in [0.717, 1.165) is 29.8 Å². The number of alkyl halides is 3. The van der Waals surface area contributed by atoms with Crippen LogP contribution in [-0.2, 0) is 12.7 Å². The molecule has 7 nitrogen and oxygen atoms in total. The molecular weight excluding hydrogens is 436 g/mol. The molecule has 1 aromatic carbocycles. The van der Waals surface area contributed by atoms with Crippen LogP contribution >= 0.6 is 11.3 Å². The van der Waals surface area contributed by atoms with Gasteiger partial charge in [-0.3, -0.25) is 9.78 Å². The van der Waals surface area contributed by atoms with Crippen LogP contribution in [0.15, 0.2) is 54.2 Å². The first kappa shape index (κ1) is 20.6. The number of hydrogen-bond donors (Lipinski definition) is 1. The van der Waals surface area contributed by atoms with E-state index in [9.17, 15) is 22.4 Å². The third-order valence-electron chi connectivity index (χ3n) is 4.15. The monoisotopic (exact) mass is 448 g/mol. The van der Waals surface area contributed by atoms with Crippen molar-refractivity contribution in [3.63, 3.8) is 0 Å². The van der Waals surface area contributed by atoms with E-state index in [4.69, 9.17) is 0 Å². The van der Waals surface area contributed by atoms with Gasteiger partial charge in [-0.05, 0) is 36.4 Å². The van der Waals surface area contributed by atoms with E-state index in [1.165, 1.54) is 11.3 Å². The number of hydrogen-bond acceptors (Lipinski definition) is 6. The number of amides is 1. The van der Waals surface area contributed by atoms with E-state index >= 15 is 0 Å².